The molecule has 13 rings (SSSR count). The van der Waals surface area contributed by atoms with Gasteiger partial charge in [0, 0.05) is 11.8 Å². The maximum absolute atomic E-state index is 2.54. The number of benzene rings is 11. The summed E-state index contributed by atoms with van der Waals surface area (Å²) in [6, 6.07) is 104. The summed E-state index contributed by atoms with van der Waals surface area (Å²) in [6.07, 6.45) is 0. The molecule has 0 aliphatic heterocycles. The molecule has 0 aromatic heterocycles. The normalized spacial score (nSPS) is 14.4. The number of hydrogen-bond acceptors (Lipinski definition) is 0. The van der Waals surface area contributed by atoms with Crippen molar-refractivity contribution in [3.8, 4) is 55.6 Å². The summed E-state index contributed by atoms with van der Waals surface area (Å²) in [4.78, 5) is 0. The van der Waals surface area contributed by atoms with Crippen molar-refractivity contribution in [2.24, 2.45) is 0 Å². The van der Waals surface area contributed by atoms with Crippen LogP contribution in [0.25, 0.3) is 55.6 Å². The zero-order chi connectivity index (χ0) is 45.7. The molecule has 2 aliphatic carbocycles. The predicted molar refractivity (Wildman–Crippen MR) is 287 cm³/mol. The van der Waals surface area contributed by atoms with Crippen molar-refractivity contribution in [1.82, 2.24) is 0 Å². The third-order valence-electron chi connectivity index (χ3n) is 15.0. The lowest BCUT2D eigenvalue weighted by Crippen LogP contribution is -2.31. The van der Waals surface area contributed by atoms with Crippen LogP contribution in [0.1, 0.15) is 67.5 Å². The van der Waals surface area contributed by atoms with Crippen LogP contribution in [0, 0.1) is 0 Å². The van der Waals surface area contributed by atoms with Gasteiger partial charge in [0.15, 0.2) is 0 Å². The third-order valence-corrected chi connectivity index (χ3v) is 15.0. The molecule has 2 atom stereocenters. The molecule has 0 saturated carbocycles. The van der Waals surface area contributed by atoms with E-state index in [1.54, 1.807) is 0 Å². The number of rotatable bonds is 9. The molecule has 0 bridgehead atoms. The van der Waals surface area contributed by atoms with Gasteiger partial charge in [-0.25, -0.2) is 0 Å². The highest BCUT2D eigenvalue weighted by Crippen LogP contribution is 2.54. The first-order chi connectivity index (χ1) is 34.2. The van der Waals surface area contributed by atoms with E-state index < -0.39 is 5.41 Å². The molecule has 324 valence electrons. The first-order valence-corrected chi connectivity index (χ1v) is 24.2. The van der Waals surface area contributed by atoms with Gasteiger partial charge in [0.05, 0.1) is 5.41 Å². The molecular formula is C69H48. The largest absolute Gasteiger partial charge is 0.0701 e. The first-order valence-electron chi connectivity index (χ1n) is 24.2. The Hall–Kier alpha value is -8.58. The van der Waals surface area contributed by atoms with Gasteiger partial charge in [-0.05, 0) is 129 Å². The van der Waals surface area contributed by atoms with E-state index in [4.69, 9.17) is 0 Å². The van der Waals surface area contributed by atoms with Crippen molar-refractivity contribution in [1.29, 1.82) is 0 Å². The Balaban J connectivity index is 1.05. The minimum atomic E-state index is -0.570. The smallest absolute Gasteiger partial charge is 0.0622 e. The minimum Gasteiger partial charge on any atom is -0.0622 e. The summed E-state index contributed by atoms with van der Waals surface area (Å²) < 4.78 is 0. The van der Waals surface area contributed by atoms with Crippen LogP contribution in [-0.4, -0.2) is 0 Å². The van der Waals surface area contributed by atoms with Crippen molar-refractivity contribution in [2.75, 3.05) is 0 Å². The fourth-order valence-electron chi connectivity index (χ4n) is 11.9. The Morgan fingerprint density at radius 1 is 0.203 bits per heavy atom. The van der Waals surface area contributed by atoms with E-state index in [-0.39, 0.29) is 11.8 Å². The Morgan fingerprint density at radius 2 is 0.551 bits per heavy atom. The molecule has 0 fully saturated rings. The van der Waals surface area contributed by atoms with E-state index in [9.17, 15) is 0 Å². The highest BCUT2D eigenvalue weighted by Gasteiger charge is 2.39. The standard InChI is InChI=1S/C69H48/c1-6-21-47(22-7-1)50-37-39-63-65(45-50)59-33-16-18-35-61(59)67(63)53-41-52(42-54(43-53)68-62-36-19-17-34-60(62)66-46-51(38-40-64(66)68)48-23-8-2-9-24-48)49-25-20-32-58(44-49)69(55-26-10-3-11-27-55,56-28-12-4-13-29-56)57-30-14-5-15-31-57/h1-46,67-68H. The van der Waals surface area contributed by atoms with Crippen molar-refractivity contribution in [2.45, 2.75) is 17.3 Å². The number of fused-ring (bicyclic) bond motifs is 6. The Bertz CT molecular complexity index is 3390. The summed E-state index contributed by atoms with van der Waals surface area (Å²) in [5.74, 6) is 0.105. The summed E-state index contributed by atoms with van der Waals surface area (Å²) in [5.41, 5.74) is 25.0. The van der Waals surface area contributed by atoms with E-state index in [2.05, 4.69) is 279 Å². The second-order valence-electron chi connectivity index (χ2n) is 18.7. The lowest BCUT2D eigenvalue weighted by Gasteiger charge is -2.37. The van der Waals surface area contributed by atoms with Gasteiger partial charge < -0.3 is 0 Å². The van der Waals surface area contributed by atoms with Crippen LogP contribution in [0.2, 0.25) is 0 Å². The summed E-state index contributed by atoms with van der Waals surface area (Å²) in [6.45, 7) is 0. The topological polar surface area (TPSA) is 0 Å². The van der Waals surface area contributed by atoms with E-state index in [0.717, 1.165) is 0 Å². The summed E-state index contributed by atoms with van der Waals surface area (Å²) in [7, 11) is 0. The van der Waals surface area contributed by atoms with Gasteiger partial charge in [0.1, 0.15) is 0 Å². The average molecular weight is 877 g/mol. The zero-order valence-corrected chi connectivity index (χ0v) is 38.2. The second-order valence-corrected chi connectivity index (χ2v) is 18.7. The van der Waals surface area contributed by atoms with Gasteiger partial charge in [-0.15, -0.1) is 0 Å². The minimum absolute atomic E-state index is 0.0523. The van der Waals surface area contributed by atoms with Crippen LogP contribution in [0.5, 0.6) is 0 Å². The second kappa shape index (κ2) is 16.9. The van der Waals surface area contributed by atoms with Crippen molar-refractivity contribution in [3.05, 3.63) is 335 Å². The first kappa shape index (κ1) is 40.7. The molecule has 0 nitrogen and oxygen atoms in total. The Labute approximate surface area is 405 Å². The van der Waals surface area contributed by atoms with Crippen LogP contribution < -0.4 is 0 Å². The average Bonchev–Trinajstić information content (AvgIpc) is 3.95. The zero-order valence-electron chi connectivity index (χ0n) is 38.2. The van der Waals surface area contributed by atoms with Crippen LogP contribution in [0.4, 0.5) is 0 Å². The van der Waals surface area contributed by atoms with Gasteiger partial charge in [-0.2, -0.15) is 0 Å². The molecule has 0 radical (unpaired) electrons. The molecule has 0 saturated heterocycles. The molecule has 11 aromatic rings. The summed E-state index contributed by atoms with van der Waals surface area (Å²) in [5, 5.41) is 0. The van der Waals surface area contributed by atoms with Crippen molar-refractivity contribution in [3.63, 3.8) is 0 Å². The molecule has 0 heteroatoms. The van der Waals surface area contributed by atoms with Crippen LogP contribution >= 0.6 is 0 Å². The quantitative estimate of drug-likeness (QED) is 0.127. The Kier molecular flexibility index (Phi) is 9.98. The van der Waals surface area contributed by atoms with Crippen LogP contribution in [-0.2, 0) is 5.41 Å². The molecule has 2 unspecified atom stereocenters. The van der Waals surface area contributed by atoms with Crippen LogP contribution in [0.3, 0.4) is 0 Å². The van der Waals surface area contributed by atoms with E-state index in [1.807, 2.05) is 0 Å². The van der Waals surface area contributed by atoms with E-state index >= 15 is 0 Å². The SMILES string of the molecule is c1ccc(-c2ccc3c(c2)-c2ccccc2C3c2cc(-c3cccc(C(c4ccccc4)(c4ccccc4)c4ccccc4)c3)cc(C3c4ccccc4-c4cc(-c5ccccc5)ccc43)c2)cc1. The van der Waals surface area contributed by atoms with E-state index in [0.29, 0.717) is 0 Å². The molecule has 11 aromatic carbocycles. The fourth-order valence-corrected chi connectivity index (χ4v) is 11.9. The molecule has 0 N–H and O–H groups in total. The van der Waals surface area contributed by atoms with E-state index in [1.165, 1.54) is 111 Å². The van der Waals surface area contributed by atoms with Gasteiger partial charge in [-0.1, -0.05) is 261 Å². The molecule has 0 spiro atoms. The third kappa shape index (κ3) is 6.83. The van der Waals surface area contributed by atoms with Crippen LogP contribution in [0.15, 0.2) is 279 Å². The molecule has 2 aliphatic rings. The van der Waals surface area contributed by atoms with Gasteiger partial charge >= 0.3 is 0 Å². The maximum atomic E-state index is 2.54. The number of hydrogen-bond donors (Lipinski definition) is 0. The molecule has 0 amide bonds. The maximum Gasteiger partial charge on any atom is 0.0701 e. The lowest BCUT2D eigenvalue weighted by molar-refractivity contribution is 0.745. The molecule has 0 heterocycles. The van der Waals surface area contributed by atoms with Crippen molar-refractivity contribution < 1.29 is 0 Å². The fraction of sp³-hybridized carbons (Fsp3) is 0.0435. The monoisotopic (exact) mass is 876 g/mol. The molecule has 69 heavy (non-hydrogen) atoms. The summed E-state index contributed by atoms with van der Waals surface area (Å²) >= 11 is 0. The lowest BCUT2D eigenvalue weighted by atomic mass is 9.65. The van der Waals surface area contributed by atoms with Crippen molar-refractivity contribution >= 4 is 0 Å². The highest BCUT2D eigenvalue weighted by atomic mass is 14.4. The Morgan fingerprint density at radius 3 is 1.00 bits per heavy atom. The van der Waals surface area contributed by atoms with Gasteiger partial charge in [-0.3, -0.25) is 0 Å². The predicted octanol–water partition coefficient (Wildman–Crippen LogP) is 17.4. The molecular weight excluding hydrogens is 829 g/mol. The van der Waals surface area contributed by atoms with Gasteiger partial charge in [0.2, 0.25) is 0 Å². The highest BCUT2D eigenvalue weighted by molar-refractivity contribution is 5.87. The van der Waals surface area contributed by atoms with Gasteiger partial charge in [0.25, 0.3) is 0 Å².